The Morgan fingerprint density at radius 1 is 1.07 bits per heavy atom. The Morgan fingerprint density at radius 2 is 1.80 bits per heavy atom. The number of methoxy groups -OCH3 is 1. The average Bonchev–Trinajstić information content (AvgIpc) is 3.25. The van der Waals surface area contributed by atoms with Gasteiger partial charge in [-0.15, -0.1) is 0 Å². The Labute approximate surface area is 239 Å². The monoisotopic (exact) mass is 569 g/mol. The average molecular weight is 570 g/mol. The van der Waals surface area contributed by atoms with Gasteiger partial charge in [0.25, 0.3) is 5.88 Å². The van der Waals surface area contributed by atoms with Crippen molar-refractivity contribution in [1.82, 2.24) is 14.9 Å². The number of likely N-dealkylation sites (tertiary alicyclic amines) is 1. The van der Waals surface area contributed by atoms with Crippen LogP contribution < -0.4 is 9.47 Å². The molecule has 0 saturated carbocycles. The Hall–Kier alpha value is -3.59. The predicted molar refractivity (Wildman–Crippen MR) is 152 cm³/mol. The number of hydrogen-bond acceptors (Lipinski definition) is 8. The number of aromatic nitrogens is 2. The summed E-state index contributed by atoms with van der Waals surface area (Å²) >= 11 is 6.51. The van der Waals surface area contributed by atoms with Crippen LogP contribution in [0.15, 0.2) is 48.5 Å². The lowest BCUT2D eigenvalue weighted by atomic mass is 9.90. The van der Waals surface area contributed by atoms with Crippen molar-refractivity contribution < 1.29 is 28.5 Å². The number of hydrogen-bond donors (Lipinski definition) is 0. The van der Waals surface area contributed by atoms with Gasteiger partial charge in [-0.3, -0.25) is 4.90 Å². The van der Waals surface area contributed by atoms with Gasteiger partial charge < -0.3 is 18.9 Å². The Morgan fingerprint density at radius 3 is 2.45 bits per heavy atom. The molecule has 0 unspecified atom stereocenters. The fourth-order valence-electron chi connectivity index (χ4n) is 4.62. The molecule has 1 saturated heterocycles. The minimum absolute atomic E-state index is 0.0714. The first-order chi connectivity index (χ1) is 18.9. The Bertz CT molecular complexity index is 1340. The third-order valence-corrected chi connectivity index (χ3v) is 6.65. The highest BCUT2D eigenvalue weighted by atomic mass is 35.5. The van der Waals surface area contributed by atoms with E-state index >= 15 is 0 Å². The molecule has 214 valence electrons. The second-order valence-electron chi connectivity index (χ2n) is 11.3. The molecule has 2 heterocycles. The lowest BCUT2D eigenvalue weighted by Gasteiger charge is -2.29. The van der Waals surface area contributed by atoms with Gasteiger partial charge in [-0.25, -0.2) is 19.6 Å². The number of amides is 1. The third-order valence-electron chi connectivity index (χ3n) is 6.40. The molecule has 1 aromatic heterocycles. The molecule has 3 atom stereocenters. The Balaban J connectivity index is 1.73. The molecule has 9 nitrogen and oxygen atoms in total. The number of benzene rings is 2. The summed E-state index contributed by atoms with van der Waals surface area (Å²) in [5.41, 5.74) is 1.34. The number of rotatable bonds is 8. The summed E-state index contributed by atoms with van der Waals surface area (Å²) in [7, 11) is 1.57. The quantitative estimate of drug-likeness (QED) is 0.318. The maximum Gasteiger partial charge on any atom is 0.411 e. The molecule has 0 radical (unpaired) electrons. The molecule has 1 aliphatic heterocycles. The second kappa shape index (κ2) is 12.3. The molecule has 10 heteroatoms. The van der Waals surface area contributed by atoms with Crippen LogP contribution in [0.2, 0.25) is 5.15 Å². The first-order valence-electron chi connectivity index (χ1n) is 13.3. The highest BCUT2D eigenvalue weighted by Crippen LogP contribution is 2.35. The van der Waals surface area contributed by atoms with E-state index in [-0.39, 0.29) is 30.1 Å². The first kappa shape index (κ1) is 29.4. The minimum atomic E-state index is -0.939. The number of fused-ring (bicyclic) bond motifs is 1. The molecule has 0 N–H and O–H groups in total. The van der Waals surface area contributed by atoms with Gasteiger partial charge in [-0.2, -0.15) is 0 Å². The second-order valence-corrected chi connectivity index (χ2v) is 11.6. The number of halogens is 1. The van der Waals surface area contributed by atoms with E-state index in [2.05, 4.69) is 9.97 Å². The zero-order valence-corrected chi connectivity index (χ0v) is 24.5. The first-order valence-corrected chi connectivity index (χ1v) is 13.7. The van der Waals surface area contributed by atoms with Crippen molar-refractivity contribution in [3.8, 4) is 11.6 Å². The number of esters is 1. The van der Waals surface area contributed by atoms with Crippen molar-refractivity contribution in [2.24, 2.45) is 11.8 Å². The van der Waals surface area contributed by atoms with Gasteiger partial charge in [0, 0.05) is 12.0 Å². The van der Waals surface area contributed by atoms with E-state index in [0.717, 1.165) is 5.56 Å². The molecule has 0 spiro atoms. The van der Waals surface area contributed by atoms with Crippen molar-refractivity contribution in [3.05, 3.63) is 59.2 Å². The highest BCUT2D eigenvalue weighted by Gasteiger charge is 2.51. The van der Waals surface area contributed by atoms with Crippen LogP contribution in [-0.4, -0.2) is 64.9 Å². The summed E-state index contributed by atoms with van der Waals surface area (Å²) < 4.78 is 23.1. The van der Waals surface area contributed by atoms with Gasteiger partial charge in [0.05, 0.1) is 31.3 Å². The number of ether oxygens (including phenoxy) is 4. The van der Waals surface area contributed by atoms with Crippen molar-refractivity contribution in [1.29, 1.82) is 0 Å². The standard InChI is InChI=1S/C30H36ClN3O6/c1-18(2)17-38-28(35)25-21(14-19-10-8-7-9-11-19)24(16-34(25)29(36)40-30(3,4)5)39-27-26(31)32-22-13-12-20(37-6)15-23(22)33-27/h7-13,15,18,21,24-25H,14,16-17H2,1-6H3/t21-,24+,25+/m1/s1. The fraction of sp³-hybridized carbons (Fsp3) is 0.467. The fourth-order valence-corrected chi connectivity index (χ4v) is 4.80. The van der Waals surface area contributed by atoms with Crippen LogP contribution in [-0.2, 0) is 20.7 Å². The van der Waals surface area contributed by atoms with E-state index in [9.17, 15) is 9.59 Å². The van der Waals surface area contributed by atoms with Crippen LogP contribution in [0.3, 0.4) is 0 Å². The highest BCUT2D eigenvalue weighted by molar-refractivity contribution is 6.31. The minimum Gasteiger partial charge on any atom is -0.497 e. The maximum atomic E-state index is 13.5. The summed E-state index contributed by atoms with van der Waals surface area (Å²) in [5, 5.41) is 0.0748. The van der Waals surface area contributed by atoms with Crippen molar-refractivity contribution in [2.45, 2.75) is 58.8 Å². The lowest BCUT2D eigenvalue weighted by Crippen LogP contribution is -2.47. The van der Waals surface area contributed by atoms with Crippen molar-refractivity contribution in [3.63, 3.8) is 0 Å². The van der Waals surface area contributed by atoms with E-state index in [0.29, 0.717) is 23.2 Å². The van der Waals surface area contributed by atoms with E-state index in [4.69, 9.17) is 30.5 Å². The van der Waals surface area contributed by atoms with Crippen LogP contribution in [0, 0.1) is 11.8 Å². The zero-order valence-electron chi connectivity index (χ0n) is 23.7. The number of carbonyl (C=O) groups is 2. The molecular formula is C30H36ClN3O6. The largest absolute Gasteiger partial charge is 0.497 e. The molecule has 4 rings (SSSR count). The smallest absolute Gasteiger partial charge is 0.411 e. The molecule has 0 bridgehead atoms. The van der Waals surface area contributed by atoms with E-state index in [1.54, 1.807) is 46.1 Å². The SMILES string of the molecule is COc1ccc2nc(Cl)c(O[C@H]3CN(C(=O)OC(C)(C)C)[C@H](C(=O)OCC(C)C)[C@@H]3Cc3ccccc3)nc2c1. The van der Waals surface area contributed by atoms with Gasteiger partial charge >= 0.3 is 12.1 Å². The third kappa shape index (κ3) is 7.13. The van der Waals surface area contributed by atoms with Gasteiger partial charge in [-0.05, 0) is 50.8 Å². The molecule has 1 aliphatic rings. The normalized spacial score (nSPS) is 19.1. The Kier molecular flexibility index (Phi) is 9.03. The van der Waals surface area contributed by atoms with Crippen LogP contribution in [0.4, 0.5) is 4.79 Å². The number of carbonyl (C=O) groups excluding carboxylic acids is 2. The van der Waals surface area contributed by atoms with Crippen LogP contribution in [0.25, 0.3) is 11.0 Å². The van der Waals surface area contributed by atoms with Gasteiger partial charge in [-0.1, -0.05) is 55.8 Å². The van der Waals surface area contributed by atoms with E-state index in [1.807, 2.05) is 44.2 Å². The zero-order chi connectivity index (χ0) is 29.0. The van der Waals surface area contributed by atoms with Gasteiger partial charge in [0.2, 0.25) is 0 Å². The summed E-state index contributed by atoms with van der Waals surface area (Å²) in [6.07, 6.45) is -0.832. The topological polar surface area (TPSA) is 100 Å². The lowest BCUT2D eigenvalue weighted by molar-refractivity contribution is -0.151. The van der Waals surface area contributed by atoms with Crippen LogP contribution in [0.5, 0.6) is 11.6 Å². The van der Waals surface area contributed by atoms with Gasteiger partial charge in [0.1, 0.15) is 23.5 Å². The summed E-state index contributed by atoms with van der Waals surface area (Å²) in [6, 6.07) is 14.0. The summed E-state index contributed by atoms with van der Waals surface area (Å²) in [4.78, 5) is 37.4. The van der Waals surface area contributed by atoms with Gasteiger partial charge in [0.15, 0.2) is 5.15 Å². The molecule has 0 aliphatic carbocycles. The molecule has 1 amide bonds. The molecule has 1 fully saturated rings. The molecular weight excluding hydrogens is 534 g/mol. The predicted octanol–water partition coefficient (Wildman–Crippen LogP) is 5.72. The summed E-state index contributed by atoms with van der Waals surface area (Å²) in [5.74, 6) is -0.142. The maximum absolute atomic E-state index is 13.5. The van der Waals surface area contributed by atoms with E-state index < -0.39 is 35.7 Å². The molecule has 2 aromatic carbocycles. The van der Waals surface area contributed by atoms with Crippen LogP contribution >= 0.6 is 11.6 Å². The molecule has 3 aromatic rings. The van der Waals surface area contributed by atoms with Crippen molar-refractivity contribution in [2.75, 3.05) is 20.3 Å². The summed E-state index contributed by atoms with van der Waals surface area (Å²) in [6.45, 7) is 9.54. The molecule has 40 heavy (non-hydrogen) atoms. The van der Waals surface area contributed by atoms with Crippen LogP contribution in [0.1, 0.15) is 40.2 Å². The number of nitrogens with zero attached hydrogens (tertiary/aromatic N) is 3. The van der Waals surface area contributed by atoms with Crippen molar-refractivity contribution >= 4 is 34.7 Å². The van der Waals surface area contributed by atoms with E-state index in [1.165, 1.54) is 4.90 Å².